The van der Waals surface area contributed by atoms with Crippen LogP contribution >= 0.6 is 12.4 Å². The fourth-order valence-electron chi connectivity index (χ4n) is 1.54. The van der Waals surface area contributed by atoms with Gasteiger partial charge in [0.1, 0.15) is 6.04 Å². The van der Waals surface area contributed by atoms with Crippen LogP contribution in [0.25, 0.3) is 0 Å². The maximum absolute atomic E-state index is 11.8. The second-order valence-electron chi connectivity index (χ2n) is 4.71. The van der Waals surface area contributed by atoms with E-state index in [0.717, 1.165) is 0 Å². The van der Waals surface area contributed by atoms with Crippen LogP contribution in [-0.2, 0) is 9.59 Å². The van der Waals surface area contributed by atoms with Gasteiger partial charge in [-0.15, -0.1) is 12.4 Å². The summed E-state index contributed by atoms with van der Waals surface area (Å²) in [4.78, 5) is 23.5. The molecule has 4 N–H and O–H groups in total. The second kappa shape index (κ2) is 6.04. The Morgan fingerprint density at radius 2 is 1.84 bits per heavy atom. The van der Waals surface area contributed by atoms with E-state index in [1.165, 1.54) is 0 Å². The summed E-state index contributed by atoms with van der Waals surface area (Å²) in [7, 11) is 0. The normalized spacial score (nSPS) is 16.7. The number of hydrogen-bond donors (Lipinski definition) is 3. The van der Waals surface area contributed by atoms with Crippen molar-refractivity contribution >= 4 is 29.9 Å². The van der Waals surface area contributed by atoms with Gasteiger partial charge in [-0.05, 0) is 31.9 Å². The van der Waals surface area contributed by atoms with E-state index < -0.39 is 11.6 Å². The molecule has 2 amide bonds. The van der Waals surface area contributed by atoms with Crippen LogP contribution in [0.1, 0.15) is 19.8 Å². The zero-order valence-electron chi connectivity index (χ0n) is 10.7. The van der Waals surface area contributed by atoms with Crippen LogP contribution in [0.2, 0.25) is 0 Å². The predicted octanol–water partition coefficient (Wildman–Crippen LogP) is 1.04. The number of benzene rings is 1. The molecule has 0 aliphatic heterocycles. The summed E-state index contributed by atoms with van der Waals surface area (Å²) in [5.74, 6) is -0.503. The van der Waals surface area contributed by atoms with Gasteiger partial charge >= 0.3 is 0 Å². The van der Waals surface area contributed by atoms with Crippen molar-refractivity contribution in [1.82, 2.24) is 5.32 Å². The van der Waals surface area contributed by atoms with Gasteiger partial charge in [-0.2, -0.15) is 0 Å². The maximum Gasteiger partial charge on any atom is 0.246 e. The third kappa shape index (κ3) is 3.94. The minimum absolute atomic E-state index is 0. The highest BCUT2D eigenvalue weighted by atomic mass is 35.5. The molecule has 0 radical (unpaired) electrons. The van der Waals surface area contributed by atoms with E-state index in [0.29, 0.717) is 18.5 Å². The molecule has 1 aliphatic carbocycles. The predicted molar refractivity (Wildman–Crippen MR) is 76.1 cm³/mol. The average molecular weight is 284 g/mol. The number of para-hydroxylation sites is 1. The molecule has 1 atom stereocenters. The lowest BCUT2D eigenvalue weighted by atomic mass is 10.2. The largest absolute Gasteiger partial charge is 0.343 e. The second-order valence-corrected chi connectivity index (χ2v) is 4.71. The topological polar surface area (TPSA) is 84.2 Å². The van der Waals surface area contributed by atoms with Crippen molar-refractivity contribution in [3.8, 4) is 0 Å². The van der Waals surface area contributed by atoms with Crippen LogP contribution < -0.4 is 16.4 Å². The van der Waals surface area contributed by atoms with Crippen LogP contribution in [0.5, 0.6) is 0 Å². The lowest BCUT2D eigenvalue weighted by molar-refractivity contribution is -0.127. The van der Waals surface area contributed by atoms with Crippen LogP contribution in [0.15, 0.2) is 30.3 Å². The lowest BCUT2D eigenvalue weighted by Gasteiger charge is -2.16. The minimum Gasteiger partial charge on any atom is -0.343 e. The molecule has 1 aromatic rings. The van der Waals surface area contributed by atoms with E-state index in [4.69, 9.17) is 5.73 Å². The van der Waals surface area contributed by atoms with Gasteiger partial charge in [-0.3, -0.25) is 9.59 Å². The number of nitrogens with one attached hydrogen (secondary N) is 2. The fraction of sp³-hybridized carbons (Fsp3) is 0.385. The van der Waals surface area contributed by atoms with Crippen molar-refractivity contribution in [2.24, 2.45) is 5.73 Å². The molecule has 0 heterocycles. The molecule has 5 nitrogen and oxygen atoms in total. The Bertz CT molecular complexity index is 460. The number of amides is 2. The number of halogens is 1. The summed E-state index contributed by atoms with van der Waals surface area (Å²) < 4.78 is 0. The number of hydrogen-bond acceptors (Lipinski definition) is 3. The van der Waals surface area contributed by atoms with Gasteiger partial charge in [0.2, 0.25) is 11.8 Å². The molecule has 0 spiro atoms. The average Bonchev–Trinajstić information content (AvgIpc) is 3.10. The third-order valence-corrected chi connectivity index (χ3v) is 3.02. The summed E-state index contributed by atoms with van der Waals surface area (Å²) in [6.45, 7) is 1.64. The quantitative estimate of drug-likeness (QED) is 0.772. The number of carbonyl (C=O) groups excluding carboxylic acids is 2. The highest BCUT2D eigenvalue weighted by Gasteiger charge is 2.46. The molecule has 6 heteroatoms. The Labute approximate surface area is 118 Å². The number of anilines is 1. The lowest BCUT2D eigenvalue weighted by Crippen LogP contribution is -2.50. The van der Waals surface area contributed by atoms with Gasteiger partial charge < -0.3 is 16.4 Å². The van der Waals surface area contributed by atoms with Gasteiger partial charge in [0.15, 0.2) is 0 Å². The van der Waals surface area contributed by atoms with E-state index in [1.54, 1.807) is 19.1 Å². The monoisotopic (exact) mass is 283 g/mol. The summed E-state index contributed by atoms with van der Waals surface area (Å²) in [6, 6.07) is 8.51. The van der Waals surface area contributed by atoms with E-state index in [-0.39, 0.29) is 24.2 Å². The minimum atomic E-state index is -0.749. The molecule has 1 aromatic carbocycles. The van der Waals surface area contributed by atoms with E-state index in [1.807, 2.05) is 18.2 Å². The van der Waals surface area contributed by atoms with Gasteiger partial charge in [0.05, 0.1) is 5.54 Å². The Morgan fingerprint density at radius 3 is 2.37 bits per heavy atom. The summed E-state index contributed by atoms with van der Waals surface area (Å²) >= 11 is 0. The summed E-state index contributed by atoms with van der Waals surface area (Å²) in [6.07, 6.45) is 1.37. The molecule has 0 saturated heterocycles. The zero-order chi connectivity index (χ0) is 13.2. The molecular weight excluding hydrogens is 266 g/mol. The van der Waals surface area contributed by atoms with Crippen LogP contribution in [0, 0.1) is 0 Å². The SMILES string of the molecule is CC(NC(=O)C1(N)CC1)C(=O)Nc1ccccc1.Cl. The Balaban J connectivity index is 0.00000180. The first-order valence-electron chi connectivity index (χ1n) is 5.97. The van der Waals surface area contributed by atoms with Crippen molar-refractivity contribution in [1.29, 1.82) is 0 Å². The first-order chi connectivity index (χ1) is 8.51. The molecule has 1 aliphatic rings. The molecule has 1 unspecified atom stereocenters. The van der Waals surface area contributed by atoms with Crippen molar-refractivity contribution < 1.29 is 9.59 Å². The van der Waals surface area contributed by atoms with E-state index in [2.05, 4.69) is 10.6 Å². The van der Waals surface area contributed by atoms with Gasteiger partial charge in [-0.25, -0.2) is 0 Å². The molecule has 1 fully saturated rings. The van der Waals surface area contributed by atoms with Gasteiger partial charge in [0, 0.05) is 5.69 Å². The smallest absolute Gasteiger partial charge is 0.246 e. The van der Waals surface area contributed by atoms with Crippen LogP contribution in [0.3, 0.4) is 0 Å². The van der Waals surface area contributed by atoms with Crippen molar-refractivity contribution in [2.45, 2.75) is 31.3 Å². The molecule has 104 valence electrons. The van der Waals surface area contributed by atoms with Crippen LogP contribution in [-0.4, -0.2) is 23.4 Å². The molecule has 1 saturated carbocycles. The Hall–Kier alpha value is -1.59. The first kappa shape index (κ1) is 15.5. The van der Waals surface area contributed by atoms with Gasteiger partial charge in [0.25, 0.3) is 0 Å². The Morgan fingerprint density at radius 1 is 1.26 bits per heavy atom. The molecule has 0 bridgehead atoms. The summed E-state index contributed by atoms with van der Waals surface area (Å²) in [5.41, 5.74) is 5.70. The third-order valence-electron chi connectivity index (χ3n) is 3.02. The van der Waals surface area contributed by atoms with Crippen molar-refractivity contribution in [3.63, 3.8) is 0 Å². The van der Waals surface area contributed by atoms with Crippen molar-refractivity contribution in [2.75, 3.05) is 5.32 Å². The highest BCUT2D eigenvalue weighted by molar-refractivity contribution is 5.98. The maximum atomic E-state index is 11.8. The summed E-state index contributed by atoms with van der Waals surface area (Å²) in [5, 5.41) is 5.35. The zero-order valence-corrected chi connectivity index (χ0v) is 11.5. The highest BCUT2D eigenvalue weighted by Crippen LogP contribution is 2.32. The first-order valence-corrected chi connectivity index (χ1v) is 5.97. The molecular formula is C13H18ClN3O2. The Kier molecular flexibility index (Phi) is 4.91. The molecule has 2 rings (SSSR count). The van der Waals surface area contributed by atoms with E-state index >= 15 is 0 Å². The number of rotatable bonds is 4. The number of carbonyl (C=O) groups is 2. The molecule has 19 heavy (non-hydrogen) atoms. The fourth-order valence-corrected chi connectivity index (χ4v) is 1.54. The van der Waals surface area contributed by atoms with Gasteiger partial charge in [-0.1, -0.05) is 18.2 Å². The molecule has 0 aromatic heterocycles. The van der Waals surface area contributed by atoms with E-state index in [9.17, 15) is 9.59 Å². The standard InChI is InChI=1S/C13H17N3O2.ClH/c1-9(15-12(18)13(14)7-8-13)11(17)16-10-5-3-2-4-6-10;/h2-6,9H,7-8,14H2,1H3,(H,15,18)(H,16,17);1H. The number of nitrogens with two attached hydrogens (primary N) is 1. The van der Waals surface area contributed by atoms with Crippen molar-refractivity contribution in [3.05, 3.63) is 30.3 Å². The van der Waals surface area contributed by atoms with Crippen LogP contribution in [0.4, 0.5) is 5.69 Å².